The van der Waals surface area contributed by atoms with E-state index >= 15 is 0 Å². The third-order valence-corrected chi connectivity index (χ3v) is 4.53. The lowest BCUT2D eigenvalue weighted by Crippen LogP contribution is -2.48. The number of amides is 1. The smallest absolute Gasteiger partial charge is 0.336 e. The Kier molecular flexibility index (Phi) is 5.25. The third-order valence-electron chi connectivity index (χ3n) is 4.53. The van der Waals surface area contributed by atoms with Crippen molar-refractivity contribution in [1.82, 2.24) is 15.2 Å². The molecule has 2 aliphatic rings. The molecule has 2 atom stereocenters. The van der Waals surface area contributed by atoms with Gasteiger partial charge in [0.25, 0.3) is 0 Å². The molecule has 1 aromatic heterocycles. The molecule has 1 aromatic rings. The van der Waals surface area contributed by atoms with Crippen molar-refractivity contribution in [2.45, 2.75) is 39.0 Å². The molecule has 7 nitrogen and oxygen atoms in total. The molecule has 3 rings (SSSR count). The lowest BCUT2D eigenvalue weighted by atomic mass is 9.84. The highest BCUT2D eigenvalue weighted by molar-refractivity contribution is 5.97. The van der Waals surface area contributed by atoms with Gasteiger partial charge in [0.05, 0.1) is 11.5 Å². The SMILES string of the molecule is CC1=C(C(=O)OCc2cccnc2)C2C(C#CC(C)(C)O)=CN(C)C(=O)C2N1. The molecule has 0 aliphatic carbocycles. The van der Waals surface area contributed by atoms with Crippen LogP contribution in [0.2, 0.25) is 0 Å². The summed E-state index contributed by atoms with van der Waals surface area (Å²) in [6, 6.07) is 2.96. The van der Waals surface area contributed by atoms with Crippen LogP contribution in [0.25, 0.3) is 0 Å². The summed E-state index contributed by atoms with van der Waals surface area (Å²) in [5, 5.41) is 13.0. The van der Waals surface area contributed by atoms with Gasteiger partial charge in [-0.3, -0.25) is 9.78 Å². The summed E-state index contributed by atoms with van der Waals surface area (Å²) in [5.74, 6) is 4.48. The number of carbonyl (C=O) groups is 2. The highest BCUT2D eigenvalue weighted by Gasteiger charge is 2.46. The van der Waals surface area contributed by atoms with E-state index in [1.54, 1.807) is 52.5 Å². The fourth-order valence-electron chi connectivity index (χ4n) is 3.23. The van der Waals surface area contributed by atoms with Crippen LogP contribution in [0.3, 0.4) is 0 Å². The molecule has 146 valence electrons. The minimum Gasteiger partial charge on any atom is -0.457 e. The largest absolute Gasteiger partial charge is 0.457 e. The summed E-state index contributed by atoms with van der Waals surface area (Å²) in [5.41, 5.74) is 1.13. The number of ether oxygens (including phenoxy) is 1. The van der Waals surface area contributed by atoms with Gasteiger partial charge in [-0.05, 0) is 26.8 Å². The molecule has 28 heavy (non-hydrogen) atoms. The van der Waals surface area contributed by atoms with Gasteiger partial charge in [-0.1, -0.05) is 17.9 Å². The van der Waals surface area contributed by atoms with Crippen LogP contribution in [0, 0.1) is 17.8 Å². The summed E-state index contributed by atoms with van der Waals surface area (Å²) < 4.78 is 5.46. The Bertz CT molecular complexity index is 916. The Morgan fingerprint density at radius 2 is 2.21 bits per heavy atom. The highest BCUT2D eigenvalue weighted by atomic mass is 16.5. The van der Waals surface area contributed by atoms with Crippen LogP contribution < -0.4 is 5.32 Å². The second-order valence-electron chi connectivity index (χ2n) is 7.42. The number of esters is 1. The number of fused-ring (bicyclic) bond motifs is 1. The zero-order valence-corrected chi connectivity index (χ0v) is 16.3. The number of aromatic nitrogens is 1. The number of pyridine rings is 1. The molecule has 0 aromatic carbocycles. The average molecular weight is 381 g/mol. The Morgan fingerprint density at radius 3 is 2.86 bits per heavy atom. The van der Waals surface area contributed by atoms with Gasteiger partial charge in [0.2, 0.25) is 5.91 Å². The van der Waals surface area contributed by atoms with Crippen LogP contribution in [0.5, 0.6) is 0 Å². The van der Waals surface area contributed by atoms with Gasteiger partial charge in [0.15, 0.2) is 0 Å². The molecule has 0 bridgehead atoms. The standard InChI is InChI=1S/C21H23N3O4/c1-13-16(20(26)28-12-14-6-5-9-22-10-14)17-15(7-8-21(2,3)27)11-24(4)19(25)18(17)23-13/h5-6,9-11,17-18,23,27H,12H2,1-4H3. The highest BCUT2D eigenvalue weighted by Crippen LogP contribution is 2.36. The Labute approximate surface area is 164 Å². The molecule has 0 radical (unpaired) electrons. The first kappa shape index (κ1) is 19.6. The molecule has 2 N–H and O–H groups in total. The first-order valence-corrected chi connectivity index (χ1v) is 8.94. The maximum Gasteiger partial charge on any atom is 0.336 e. The van der Waals surface area contributed by atoms with Crippen molar-refractivity contribution in [1.29, 1.82) is 0 Å². The molecular formula is C21H23N3O4. The van der Waals surface area contributed by atoms with Gasteiger partial charge >= 0.3 is 5.97 Å². The van der Waals surface area contributed by atoms with E-state index in [0.717, 1.165) is 5.56 Å². The third kappa shape index (κ3) is 4.07. The van der Waals surface area contributed by atoms with Gasteiger partial charge < -0.3 is 20.1 Å². The van der Waals surface area contributed by atoms with Gasteiger partial charge in [0.1, 0.15) is 18.2 Å². The van der Waals surface area contributed by atoms with Crippen molar-refractivity contribution in [3.05, 3.63) is 53.1 Å². The normalized spacial score (nSPS) is 21.4. The van der Waals surface area contributed by atoms with E-state index in [1.165, 1.54) is 4.90 Å². The van der Waals surface area contributed by atoms with Crippen molar-refractivity contribution < 1.29 is 19.4 Å². The van der Waals surface area contributed by atoms with Crippen LogP contribution in [0.1, 0.15) is 26.3 Å². The van der Waals surface area contributed by atoms with Gasteiger partial charge in [-0.25, -0.2) is 4.79 Å². The van der Waals surface area contributed by atoms with Crippen molar-refractivity contribution in [3.8, 4) is 11.8 Å². The van der Waals surface area contributed by atoms with Crippen molar-refractivity contribution >= 4 is 11.9 Å². The number of likely N-dealkylation sites (N-methyl/N-ethyl adjacent to an activating group) is 1. The van der Waals surface area contributed by atoms with Crippen LogP contribution in [0.15, 0.2) is 47.6 Å². The fourth-order valence-corrected chi connectivity index (χ4v) is 3.23. The second-order valence-corrected chi connectivity index (χ2v) is 7.42. The van der Waals surface area contributed by atoms with Crippen LogP contribution in [-0.2, 0) is 20.9 Å². The maximum absolute atomic E-state index is 12.8. The number of hydrogen-bond acceptors (Lipinski definition) is 6. The Hall–Kier alpha value is -3.11. The first-order valence-electron chi connectivity index (χ1n) is 8.94. The number of carbonyl (C=O) groups excluding carboxylic acids is 2. The predicted octanol–water partition coefficient (Wildman–Crippen LogP) is 1.12. The topological polar surface area (TPSA) is 91.8 Å². The summed E-state index contributed by atoms with van der Waals surface area (Å²) >= 11 is 0. The van der Waals surface area contributed by atoms with Crippen molar-refractivity contribution in [2.24, 2.45) is 5.92 Å². The zero-order chi connectivity index (χ0) is 20.5. The second kappa shape index (κ2) is 7.49. The van der Waals surface area contributed by atoms with Crippen molar-refractivity contribution in [2.75, 3.05) is 7.05 Å². The fraction of sp³-hybridized carbons (Fsp3) is 0.381. The van der Waals surface area contributed by atoms with Crippen LogP contribution in [0.4, 0.5) is 0 Å². The van der Waals surface area contributed by atoms with E-state index in [1.807, 2.05) is 6.07 Å². The molecule has 2 aliphatic heterocycles. The van der Waals surface area contributed by atoms with E-state index in [-0.39, 0.29) is 12.5 Å². The molecule has 2 unspecified atom stereocenters. The molecule has 1 amide bonds. The quantitative estimate of drug-likeness (QED) is 0.602. The molecular weight excluding hydrogens is 358 g/mol. The van der Waals surface area contributed by atoms with E-state index in [9.17, 15) is 14.7 Å². The number of nitrogens with one attached hydrogen (secondary N) is 1. The average Bonchev–Trinajstić information content (AvgIpc) is 2.99. The summed E-state index contributed by atoms with van der Waals surface area (Å²) in [6.07, 6.45) is 4.88. The van der Waals surface area contributed by atoms with E-state index in [4.69, 9.17) is 4.74 Å². The minimum atomic E-state index is -1.19. The number of rotatable bonds is 3. The van der Waals surface area contributed by atoms with E-state index in [2.05, 4.69) is 22.1 Å². The summed E-state index contributed by atoms with van der Waals surface area (Å²) in [4.78, 5) is 30.9. The summed E-state index contributed by atoms with van der Waals surface area (Å²) in [6.45, 7) is 4.98. The minimum absolute atomic E-state index is 0.0864. The number of allylic oxidation sites excluding steroid dienone is 1. The van der Waals surface area contributed by atoms with Crippen LogP contribution >= 0.6 is 0 Å². The molecule has 0 saturated heterocycles. The van der Waals surface area contributed by atoms with Crippen LogP contribution in [-0.4, -0.2) is 45.6 Å². The van der Waals surface area contributed by atoms with E-state index < -0.39 is 23.5 Å². The number of nitrogens with zero attached hydrogens (tertiary/aromatic N) is 2. The molecule has 7 heteroatoms. The van der Waals surface area contributed by atoms with E-state index in [0.29, 0.717) is 16.8 Å². The maximum atomic E-state index is 12.8. The Morgan fingerprint density at radius 1 is 1.46 bits per heavy atom. The first-order chi connectivity index (χ1) is 13.2. The van der Waals surface area contributed by atoms with Gasteiger partial charge in [-0.15, -0.1) is 0 Å². The lowest BCUT2D eigenvalue weighted by molar-refractivity contribution is -0.140. The summed E-state index contributed by atoms with van der Waals surface area (Å²) in [7, 11) is 1.64. The molecule has 0 spiro atoms. The monoisotopic (exact) mass is 381 g/mol. The number of aliphatic hydroxyl groups is 1. The lowest BCUT2D eigenvalue weighted by Gasteiger charge is -2.30. The number of hydrogen-bond donors (Lipinski definition) is 2. The molecule has 0 fully saturated rings. The Balaban J connectivity index is 1.89. The predicted molar refractivity (Wildman–Crippen MR) is 102 cm³/mol. The molecule has 3 heterocycles. The van der Waals surface area contributed by atoms with Gasteiger partial charge in [-0.2, -0.15) is 0 Å². The van der Waals surface area contributed by atoms with Gasteiger partial charge in [0, 0.05) is 42.5 Å². The zero-order valence-electron chi connectivity index (χ0n) is 16.3. The molecule has 0 saturated carbocycles. The van der Waals surface area contributed by atoms with Crippen molar-refractivity contribution in [3.63, 3.8) is 0 Å².